The van der Waals surface area contributed by atoms with Gasteiger partial charge in [0.1, 0.15) is 11.5 Å². The molecule has 2 heteroatoms. The third-order valence-electron chi connectivity index (χ3n) is 2.92. The van der Waals surface area contributed by atoms with Crippen molar-refractivity contribution < 1.29 is 9.84 Å². The summed E-state index contributed by atoms with van der Waals surface area (Å²) < 4.78 is 5.07. The molecule has 1 unspecified atom stereocenters. The first kappa shape index (κ1) is 13.6. The Labute approximate surface area is 104 Å². The van der Waals surface area contributed by atoms with Gasteiger partial charge in [0.05, 0.1) is 7.11 Å². The van der Waals surface area contributed by atoms with Gasteiger partial charge < -0.3 is 9.84 Å². The van der Waals surface area contributed by atoms with Crippen LogP contribution in [0.4, 0.5) is 0 Å². The van der Waals surface area contributed by atoms with Gasteiger partial charge >= 0.3 is 0 Å². The van der Waals surface area contributed by atoms with Crippen LogP contribution in [0.25, 0.3) is 0 Å². The van der Waals surface area contributed by atoms with Gasteiger partial charge in [0.2, 0.25) is 0 Å². The summed E-state index contributed by atoms with van der Waals surface area (Å²) in [5, 5.41) is 9.91. The maximum absolute atomic E-state index is 9.91. The van der Waals surface area contributed by atoms with Crippen LogP contribution in [0.5, 0.6) is 11.5 Å². The van der Waals surface area contributed by atoms with Crippen molar-refractivity contribution in [2.24, 2.45) is 0 Å². The Morgan fingerprint density at radius 2 is 2.12 bits per heavy atom. The van der Waals surface area contributed by atoms with Crippen LogP contribution in [0.15, 0.2) is 29.8 Å². The molecule has 1 aromatic carbocycles. The molecule has 0 bridgehead atoms. The van der Waals surface area contributed by atoms with Gasteiger partial charge in [-0.2, -0.15) is 0 Å². The highest BCUT2D eigenvalue weighted by atomic mass is 16.5. The second kappa shape index (κ2) is 6.33. The minimum absolute atomic E-state index is 0.328. The number of phenolic OH excluding ortho intramolecular Hbond substituents is 1. The number of hydrogen-bond donors (Lipinski definition) is 1. The monoisotopic (exact) mass is 234 g/mol. The highest BCUT2D eigenvalue weighted by molar-refractivity contribution is 5.41. The molecule has 94 valence electrons. The van der Waals surface area contributed by atoms with Gasteiger partial charge in [0.15, 0.2) is 0 Å². The fourth-order valence-electron chi connectivity index (χ4n) is 1.84. The number of phenols is 1. The molecule has 1 aromatic rings. The van der Waals surface area contributed by atoms with Crippen LogP contribution < -0.4 is 4.74 Å². The van der Waals surface area contributed by atoms with Crippen LogP contribution in [0, 0.1) is 0 Å². The summed E-state index contributed by atoms with van der Waals surface area (Å²) in [5.41, 5.74) is 2.34. The van der Waals surface area contributed by atoms with Crippen molar-refractivity contribution in [3.05, 3.63) is 35.4 Å². The second-order valence-electron chi connectivity index (χ2n) is 4.68. The maximum Gasteiger partial charge on any atom is 0.122 e. The predicted octanol–water partition coefficient (Wildman–Crippen LogP) is 4.25. The number of allylic oxidation sites excluding steroid dienone is 2. The van der Waals surface area contributed by atoms with E-state index in [1.807, 2.05) is 12.1 Å². The number of ether oxygens (including phenoxy) is 1. The second-order valence-corrected chi connectivity index (χ2v) is 4.68. The molecule has 1 atom stereocenters. The fourth-order valence-corrected chi connectivity index (χ4v) is 1.84. The Balaban J connectivity index is 2.68. The molecular weight excluding hydrogens is 212 g/mol. The maximum atomic E-state index is 9.91. The van der Waals surface area contributed by atoms with Gasteiger partial charge in [0, 0.05) is 6.07 Å². The van der Waals surface area contributed by atoms with Crippen molar-refractivity contribution in [2.75, 3.05) is 7.11 Å². The highest BCUT2D eigenvalue weighted by Gasteiger charge is 2.10. The summed E-state index contributed by atoms with van der Waals surface area (Å²) in [6.07, 6.45) is 4.33. The Hall–Kier alpha value is -1.44. The summed E-state index contributed by atoms with van der Waals surface area (Å²) in [6, 6.07) is 5.51. The van der Waals surface area contributed by atoms with Crippen LogP contribution in [-0.2, 0) is 0 Å². The summed E-state index contributed by atoms with van der Waals surface area (Å²) in [7, 11) is 1.60. The molecule has 0 aliphatic rings. The molecule has 0 heterocycles. The molecule has 0 aliphatic heterocycles. The van der Waals surface area contributed by atoms with E-state index >= 15 is 0 Å². The molecule has 0 aromatic heterocycles. The molecule has 1 rings (SSSR count). The summed E-state index contributed by atoms with van der Waals surface area (Å²) in [4.78, 5) is 0. The Bertz CT molecular complexity index is 390. The van der Waals surface area contributed by atoms with Gasteiger partial charge in [-0.05, 0) is 44.2 Å². The van der Waals surface area contributed by atoms with Gasteiger partial charge in [-0.3, -0.25) is 0 Å². The van der Waals surface area contributed by atoms with Crippen LogP contribution in [-0.4, -0.2) is 12.2 Å². The van der Waals surface area contributed by atoms with E-state index in [2.05, 4.69) is 26.8 Å². The van der Waals surface area contributed by atoms with Crippen molar-refractivity contribution in [3.8, 4) is 11.5 Å². The van der Waals surface area contributed by atoms with Crippen LogP contribution in [0.3, 0.4) is 0 Å². The van der Waals surface area contributed by atoms with Crippen molar-refractivity contribution in [2.45, 2.75) is 39.5 Å². The lowest BCUT2D eigenvalue weighted by molar-refractivity contribution is 0.405. The standard InChI is InChI=1S/C15H22O2/c1-11(2)6-5-7-12(3)14-9-8-13(17-4)10-15(14)16/h6,8-10,12,16H,5,7H2,1-4H3. The van der Waals surface area contributed by atoms with E-state index < -0.39 is 0 Å². The van der Waals surface area contributed by atoms with Gasteiger partial charge in [-0.15, -0.1) is 0 Å². The molecule has 0 spiro atoms. The minimum atomic E-state index is 0.328. The van der Waals surface area contributed by atoms with E-state index in [1.165, 1.54) is 5.57 Å². The van der Waals surface area contributed by atoms with Gasteiger partial charge in [-0.1, -0.05) is 24.6 Å². The number of hydrogen-bond acceptors (Lipinski definition) is 2. The van der Waals surface area contributed by atoms with E-state index in [1.54, 1.807) is 13.2 Å². The minimum Gasteiger partial charge on any atom is -0.508 e. The lowest BCUT2D eigenvalue weighted by Crippen LogP contribution is -1.94. The predicted molar refractivity (Wildman–Crippen MR) is 71.7 cm³/mol. The van der Waals surface area contributed by atoms with E-state index in [-0.39, 0.29) is 0 Å². The first-order chi connectivity index (χ1) is 8.04. The topological polar surface area (TPSA) is 29.5 Å². The zero-order valence-electron chi connectivity index (χ0n) is 11.2. The lowest BCUT2D eigenvalue weighted by atomic mass is 9.95. The zero-order chi connectivity index (χ0) is 12.8. The summed E-state index contributed by atoms with van der Waals surface area (Å²) in [5.74, 6) is 1.38. The van der Waals surface area contributed by atoms with E-state index in [4.69, 9.17) is 4.74 Å². The van der Waals surface area contributed by atoms with Gasteiger partial charge in [0.25, 0.3) is 0 Å². The zero-order valence-corrected chi connectivity index (χ0v) is 11.2. The molecule has 0 aliphatic carbocycles. The van der Waals surface area contributed by atoms with E-state index in [0.29, 0.717) is 17.4 Å². The molecule has 1 N–H and O–H groups in total. The average Bonchev–Trinajstić information content (AvgIpc) is 2.28. The Kier molecular flexibility index (Phi) is 5.08. The van der Waals surface area contributed by atoms with Crippen molar-refractivity contribution >= 4 is 0 Å². The number of methoxy groups -OCH3 is 1. The number of rotatable bonds is 5. The first-order valence-electron chi connectivity index (χ1n) is 6.05. The van der Waals surface area contributed by atoms with Crippen LogP contribution >= 0.6 is 0 Å². The quantitative estimate of drug-likeness (QED) is 0.772. The fraction of sp³-hybridized carbons (Fsp3) is 0.467. The number of benzene rings is 1. The highest BCUT2D eigenvalue weighted by Crippen LogP contribution is 2.31. The molecule has 0 fully saturated rings. The molecule has 2 nitrogen and oxygen atoms in total. The molecule has 0 saturated heterocycles. The number of aromatic hydroxyl groups is 1. The summed E-state index contributed by atoms with van der Waals surface area (Å²) >= 11 is 0. The molecule has 0 amide bonds. The van der Waals surface area contributed by atoms with E-state index in [9.17, 15) is 5.11 Å². The Morgan fingerprint density at radius 3 is 2.65 bits per heavy atom. The van der Waals surface area contributed by atoms with Crippen molar-refractivity contribution in [3.63, 3.8) is 0 Å². The van der Waals surface area contributed by atoms with E-state index in [0.717, 1.165) is 18.4 Å². The third kappa shape index (κ3) is 4.14. The van der Waals surface area contributed by atoms with Gasteiger partial charge in [-0.25, -0.2) is 0 Å². The van der Waals surface area contributed by atoms with Crippen LogP contribution in [0.2, 0.25) is 0 Å². The third-order valence-corrected chi connectivity index (χ3v) is 2.92. The normalized spacial score (nSPS) is 12.0. The smallest absolute Gasteiger partial charge is 0.122 e. The Morgan fingerprint density at radius 1 is 1.41 bits per heavy atom. The lowest BCUT2D eigenvalue weighted by Gasteiger charge is -2.13. The van der Waals surface area contributed by atoms with Crippen molar-refractivity contribution in [1.82, 2.24) is 0 Å². The van der Waals surface area contributed by atoms with Crippen LogP contribution in [0.1, 0.15) is 45.1 Å². The molecular formula is C15H22O2. The molecule has 17 heavy (non-hydrogen) atoms. The summed E-state index contributed by atoms with van der Waals surface area (Å²) in [6.45, 7) is 6.35. The van der Waals surface area contributed by atoms with Crippen molar-refractivity contribution in [1.29, 1.82) is 0 Å². The SMILES string of the molecule is COc1ccc(C(C)CCC=C(C)C)c(O)c1. The molecule has 0 radical (unpaired) electrons. The first-order valence-corrected chi connectivity index (χ1v) is 6.05. The average molecular weight is 234 g/mol. The largest absolute Gasteiger partial charge is 0.508 e. The molecule has 0 saturated carbocycles.